The predicted molar refractivity (Wildman–Crippen MR) is 74.2 cm³/mol. The van der Waals surface area contributed by atoms with Gasteiger partial charge in [-0.3, -0.25) is 0 Å². The van der Waals surface area contributed by atoms with E-state index in [0.29, 0.717) is 28.9 Å². The highest BCUT2D eigenvalue weighted by Gasteiger charge is 2.33. The summed E-state index contributed by atoms with van der Waals surface area (Å²) in [6.45, 7) is 4.46. The monoisotopic (exact) mass is 275 g/mol. The maximum absolute atomic E-state index is 13.5. The Hall–Kier alpha value is -1.98. The Kier molecular flexibility index (Phi) is 3.16. The van der Waals surface area contributed by atoms with Crippen LogP contribution < -0.4 is 5.73 Å². The highest BCUT2D eigenvalue weighted by atomic mass is 19.1. The van der Waals surface area contributed by atoms with Crippen molar-refractivity contribution in [1.29, 1.82) is 0 Å². The second kappa shape index (κ2) is 4.85. The standard InChI is InChI=1S/C14H18FN5/c1-8-3-4-13(9(8)2)20-14(17-18-19-20)10-5-11(15)7-12(16)6-10/h5-9,13H,3-4,16H2,1-2H3. The van der Waals surface area contributed by atoms with E-state index >= 15 is 0 Å². The molecule has 2 aromatic rings. The fourth-order valence-electron chi connectivity index (χ4n) is 3.03. The van der Waals surface area contributed by atoms with E-state index in [2.05, 4.69) is 29.4 Å². The highest BCUT2D eigenvalue weighted by Crippen LogP contribution is 2.40. The van der Waals surface area contributed by atoms with Crippen LogP contribution in [0.3, 0.4) is 0 Å². The molecule has 1 heterocycles. The number of halogens is 1. The molecule has 6 heteroatoms. The summed E-state index contributed by atoms with van der Waals surface area (Å²) < 4.78 is 15.3. The van der Waals surface area contributed by atoms with Gasteiger partial charge in [0.1, 0.15) is 5.82 Å². The first-order valence-corrected chi connectivity index (χ1v) is 6.90. The van der Waals surface area contributed by atoms with Crippen molar-refractivity contribution in [3.63, 3.8) is 0 Å². The third kappa shape index (κ3) is 2.15. The number of tetrazole rings is 1. The van der Waals surface area contributed by atoms with Crippen LogP contribution in [0.5, 0.6) is 0 Å². The summed E-state index contributed by atoms with van der Waals surface area (Å²) >= 11 is 0. The molecule has 0 amide bonds. The first kappa shape index (κ1) is 13.0. The molecule has 0 radical (unpaired) electrons. The van der Waals surface area contributed by atoms with Crippen LogP contribution >= 0.6 is 0 Å². The fourth-order valence-corrected chi connectivity index (χ4v) is 3.03. The van der Waals surface area contributed by atoms with E-state index in [1.54, 1.807) is 6.07 Å². The number of nitrogen functional groups attached to an aromatic ring is 1. The average Bonchev–Trinajstić information content (AvgIpc) is 2.97. The number of rotatable bonds is 2. The second-order valence-corrected chi connectivity index (χ2v) is 5.70. The van der Waals surface area contributed by atoms with Crippen molar-refractivity contribution in [2.45, 2.75) is 32.7 Å². The quantitative estimate of drug-likeness (QED) is 0.855. The van der Waals surface area contributed by atoms with Gasteiger partial charge in [0.15, 0.2) is 5.82 Å². The summed E-state index contributed by atoms with van der Waals surface area (Å²) in [6, 6.07) is 4.67. The van der Waals surface area contributed by atoms with Crippen LogP contribution in [0.2, 0.25) is 0 Å². The van der Waals surface area contributed by atoms with Gasteiger partial charge in [0.2, 0.25) is 0 Å². The Bertz CT molecular complexity index is 604. The second-order valence-electron chi connectivity index (χ2n) is 5.70. The van der Waals surface area contributed by atoms with E-state index in [1.807, 2.05) is 4.68 Å². The van der Waals surface area contributed by atoms with E-state index in [9.17, 15) is 4.39 Å². The average molecular weight is 275 g/mol. The minimum absolute atomic E-state index is 0.263. The molecule has 3 rings (SSSR count). The van der Waals surface area contributed by atoms with Crippen molar-refractivity contribution >= 4 is 5.69 Å². The van der Waals surface area contributed by atoms with Crippen molar-refractivity contribution in [1.82, 2.24) is 20.2 Å². The molecule has 5 nitrogen and oxygen atoms in total. The molecule has 1 aliphatic carbocycles. The number of nitrogens with two attached hydrogens (primary N) is 1. The first-order chi connectivity index (χ1) is 9.56. The van der Waals surface area contributed by atoms with Crippen molar-refractivity contribution < 1.29 is 4.39 Å². The Morgan fingerprint density at radius 3 is 2.70 bits per heavy atom. The SMILES string of the molecule is CC1CCC(n2nnnc2-c2cc(N)cc(F)c2)C1C. The van der Waals surface area contributed by atoms with Crippen molar-refractivity contribution in [3.8, 4) is 11.4 Å². The summed E-state index contributed by atoms with van der Waals surface area (Å²) in [5.41, 5.74) is 6.70. The lowest BCUT2D eigenvalue weighted by Gasteiger charge is -2.19. The molecule has 0 aliphatic heterocycles. The first-order valence-electron chi connectivity index (χ1n) is 6.90. The van der Waals surface area contributed by atoms with Gasteiger partial charge < -0.3 is 5.73 Å². The molecule has 3 atom stereocenters. The molecular formula is C14H18FN5. The topological polar surface area (TPSA) is 69.6 Å². The van der Waals surface area contributed by atoms with Crippen LogP contribution in [0.4, 0.5) is 10.1 Å². The molecule has 3 unspecified atom stereocenters. The Morgan fingerprint density at radius 2 is 2.05 bits per heavy atom. The molecule has 1 aromatic carbocycles. The fraction of sp³-hybridized carbons (Fsp3) is 0.500. The van der Waals surface area contributed by atoms with Crippen LogP contribution in [0, 0.1) is 17.7 Å². The predicted octanol–water partition coefficient (Wildman–Crippen LogP) is 2.67. The summed E-state index contributed by atoms with van der Waals surface area (Å²) in [4.78, 5) is 0. The lowest BCUT2D eigenvalue weighted by molar-refractivity contribution is 0.328. The molecule has 2 N–H and O–H groups in total. The zero-order chi connectivity index (χ0) is 14.3. The normalized spacial score (nSPS) is 26.1. The summed E-state index contributed by atoms with van der Waals surface area (Å²) in [5.74, 6) is 1.36. The maximum atomic E-state index is 13.5. The van der Waals surface area contributed by atoms with Gasteiger partial charge in [0.25, 0.3) is 0 Å². The van der Waals surface area contributed by atoms with E-state index in [-0.39, 0.29) is 11.9 Å². The van der Waals surface area contributed by atoms with Crippen LogP contribution in [0.1, 0.15) is 32.7 Å². The minimum atomic E-state index is -0.373. The van der Waals surface area contributed by atoms with Gasteiger partial charge in [-0.15, -0.1) is 5.10 Å². The largest absolute Gasteiger partial charge is 0.399 e. The van der Waals surface area contributed by atoms with Gasteiger partial charge in [-0.1, -0.05) is 13.8 Å². The smallest absolute Gasteiger partial charge is 0.182 e. The Labute approximate surface area is 117 Å². The highest BCUT2D eigenvalue weighted by molar-refractivity contribution is 5.61. The number of aromatic nitrogens is 4. The van der Waals surface area contributed by atoms with E-state index < -0.39 is 0 Å². The van der Waals surface area contributed by atoms with Crippen LogP contribution in [0.15, 0.2) is 18.2 Å². The van der Waals surface area contributed by atoms with Crippen molar-refractivity contribution in [2.75, 3.05) is 5.73 Å². The third-order valence-corrected chi connectivity index (χ3v) is 4.41. The summed E-state index contributed by atoms with van der Waals surface area (Å²) in [6.07, 6.45) is 2.21. The molecule has 1 fully saturated rings. The van der Waals surface area contributed by atoms with E-state index in [4.69, 9.17) is 5.73 Å². The number of benzene rings is 1. The third-order valence-electron chi connectivity index (χ3n) is 4.41. The van der Waals surface area contributed by atoms with Crippen LogP contribution in [0.25, 0.3) is 11.4 Å². The van der Waals surface area contributed by atoms with Gasteiger partial charge in [-0.2, -0.15) is 0 Å². The van der Waals surface area contributed by atoms with Crippen molar-refractivity contribution in [3.05, 3.63) is 24.0 Å². The molecule has 0 bridgehead atoms. The molecule has 1 aliphatic rings. The van der Waals surface area contributed by atoms with Crippen molar-refractivity contribution in [2.24, 2.45) is 11.8 Å². The molecular weight excluding hydrogens is 257 g/mol. The van der Waals surface area contributed by atoms with Gasteiger partial charge >= 0.3 is 0 Å². The summed E-state index contributed by atoms with van der Waals surface area (Å²) in [7, 11) is 0. The van der Waals surface area contributed by atoms with E-state index in [0.717, 1.165) is 12.8 Å². The number of hydrogen-bond acceptors (Lipinski definition) is 4. The molecule has 20 heavy (non-hydrogen) atoms. The molecule has 1 aromatic heterocycles. The van der Waals surface area contributed by atoms with Crippen LogP contribution in [-0.2, 0) is 0 Å². The molecule has 0 saturated heterocycles. The van der Waals surface area contributed by atoms with Gasteiger partial charge in [0, 0.05) is 11.3 Å². The minimum Gasteiger partial charge on any atom is -0.399 e. The number of nitrogens with zero attached hydrogens (tertiary/aromatic N) is 4. The Morgan fingerprint density at radius 1 is 1.25 bits per heavy atom. The number of hydrogen-bond donors (Lipinski definition) is 1. The lowest BCUT2D eigenvalue weighted by Crippen LogP contribution is -2.17. The number of anilines is 1. The molecule has 1 saturated carbocycles. The molecule has 0 spiro atoms. The Balaban J connectivity index is 2.02. The zero-order valence-electron chi connectivity index (χ0n) is 11.6. The summed E-state index contributed by atoms with van der Waals surface area (Å²) in [5, 5.41) is 11.9. The van der Waals surface area contributed by atoms with E-state index in [1.165, 1.54) is 12.1 Å². The van der Waals surface area contributed by atoms with Gasteiger partial charge in [-0.25, -0.2) is 9.07 Å². The van der Waals surface area contributed by atoms with Gasteiger partial charge in [-0.05, 0) is 53.3 Å². The zero-order valence-corrected chi connectivity index (χ0v) is 11.6. The van der Waals surface area contributed by atoms with Gasteiger partial charge in [0.05, 0.1) is 6.04 Å². The lowest BCUT2D eigenvalue weighted by atomic mass is 9.98. The molecule has 106 valence electrons. The maximum Gasteiger partial charge on any atom is 0.182 e. The van der Waals surface area contributed by atoms with Crippen LogP contribution in [-0.4, -0.2) is 20.2 Å².